The van der Waals surface area contributed by atoms with Gasteiger partial charge in [-0.25, -0.2) is 4.98 Å². The highest BCUT2D eigenvalue weighted by Gasteiger charge is 2.17. The Morgan fingerprint density at radius 3 is 2.53 bits per heavy atom. The summed E-state index contributed by atoms with van der Waals surface area (Å²) < 4.78 is 1.38. The summed E-state index contributed by atoms with van der Waals surface area (Å²) in [5, 5.41) is 3.81. The number of aryl methyl sites for hydroxylation is 2. The van der Waals surface area contributed by atoms with E-state index in [0.29, 0.717) is 33.0 Å². The molecule has 0 aliphatic rings. The van der Waals surface area contributed by atoms with Crippen LogP contribution in [0, 0.1) is 13.8 Å². The molecule has 1 aromatic heterocycles. The zero-order valence-electron chi connectivity index (χ0n) is 16.6. The molecule has 4 rings (SSSR count). The van der Waals surface area contributed by atoms with Crippen molar-refractivity contribution in [3.63, 3.8) is 0 Å². The second-order valence-electron chi connectivity index (χ2n) is 7.19. The number of nitrogens with zero attached hydrogens (tertiary/aromatic N) is 2. The summed E-state index contributed by atoms with van der Waals surface area (Å²) in [7, 11) is 0. The van der Waals surface area contributed by atoms with E-state index in [1.54, 1.807) is 30.3 Å². The molecule has 0 spiro atoms. The van der Waals surface area contributed by atoms with Crippen LogP contribution in [-0.2, 0) is 11.3 Å². The molecule has 0 atom stereocenters. The molecule has 0 unspecified atom stereocenters. The number of halogens is 1. The zero-order valence-corrected chi connectivity index (χ0v) is 17.4. The lowest BCUT2D eigenvalue weighted by Gasteiger charge is -2.15. The maximum atomic E-state index is 13.2. The number of benzene rings is 3. The summed E-state index contributed by atoms with van der Waals surface area (Å²) in [6.07, 6.45) is 0. The van der Waals surface area contributed by atoms with Crippen molar-refractivity contribution in [2.24, 2.45) is 0 Å². The Hall–Kier alpha value is -3.44. The third-order valence-corrected chi connectivity index (χ3v) is 5.26. The van der Waals surface area contributed by atoms with Crippen molar-refractivity contribution in [1.29, 1.82) is 0 Å². The summed E-state index contributed by atoms with van der Waals surface area (Å²) in [5.41, 5.74) is 3.66. The number of hydrogen-bond acceptors (Lipinski definition) is 3. The maximum Gasteiger partial charge on any atom is 0.262 e. The molecule has 1 amide bonds. The molecular formula is C24H20ClN3O2. The minimum Gasteiger partial charge on any atom is -0.324 e. The number of aromatic nitrogens is 2. The third-order valence-electron chi connectivity index (χ3n) is 4.93. The number of anilines is 1. The van der Waals surface area contributed by atoms with Crippen LogP contribution in [0.15, 0.2) is 71.5 Å². The summed E-state index contributed by atoms with van der Waals surface area (Å²) in [4.78, 5) is 30.7. The van der Waals surface area contributed by atoms with E-state index in [4.69, 9.17) is 11.6 Å². The predicted octanol–water partition coefficient (Wildman–Crippen LogP) is 4.97. The Morgan fingerprint density at radius 2 is 1.77 bits per heavy atom. The fraction of sp³-hybridized carbons (Fsp3) is 0.125. The first kappa shape index (κ1) is 19.9. The first-order valence-electron chi connectivity index (χ1n) is 9.55. The van der Waals surface area contributed by atoms with Crippen LogP contribution in [0.3, 0.4) is 0 Å². The van der Waals surface area contributed by atoms with Gasteiger partial charge in [0.2, 0.25) is 5.91 Å². The highest BCUT2D eigenvalue weighted by Crippen LogP contribution is 2.26. The van der Waals surface area contributed by atoms with Crippen LogP contribution < -0.4 is 10.9 Å². The predicted molar refractivity (Wildman–Crippen MR) is 121 cm³/mol. The smallest absolute Gasteiger partial charge is 0.262 e. The molecule has 6 heteroatoms. The molecule has 3 aromatic carbocycles. The number of amides is 1. The summed E-state index contributed by atoms with van der Waals surface area (Å²) in [6, 6.07) is 20.0. The minimum atomic E-state index is -0.311. The van der Waals surface area contributed by atoms with Gasteiger partial charge in [0.15, 0.2) is 0 Å². The average molecular weight is 418 g/mol. The van der Waals surface area contributed by atoms with Crippen molar-refractivity contribution >= 4 is 34.1 Å². The maximum absolute atomic E-state index is 13.2. The number of hydrogen-bond donors (Lipinski definition) is 1. The summed E-state index contributed by atoms with van der Waals surface area (Å²) in [5.74, 6) is 0.0505. The van der Waals surface area contributed by atoms with Gasteiger partial charge in [-0.3, -0.25) is 14.2 Å². The molecule has 1 N–H and O–H groups in total. The van der Waals surface area contributed by atoms with Gasteiger partial charge >= 0.3 is 0 Å². The largest absolute Gasteiger partial charge is 0.324 e. The van der Waals surface area contributed by atoms with Gasteiger partial charge < -0.3 is 5.32 Å². The highest BCUT2D eigenvalue weighted by atomic mass is 35.5. The zero-order chi connectivity index (χ0) is 21.3. The molecule has 0 radical (unpaired) electrons. The van der Waals surface area contributed by atoms with Crippen LogP contribution in [0.1, 0.15) is 11.1 Å². The van der Waals surface area contributed by atoms with Crippen LogP contribution >= 0.6 is 11.6 Å². The normalized spacial score (nSPS) is 10.9. The van der Waals surface area contributed by atoms with Gasteiger partial charge in [0.05, 0.1) is 15.9 Å². The molecule has 0 fully saturated rings. The second-order valence-corrected chi connectivity index (χ2v) is 7.60. The van der Waals surface area contributed by atoms with Gasteiger partial charge in [0.25, 0.3) is 5.56 Å². The SMILES string of the molecule is Cc1ccc(NC(=O)Cn2c(-c3ccccc3Cl)nc3ccccc3c2=O)c(C)c1. The molecule has 30 heavy (non-hydrogen) atoms. The van der Waals surface area contributed by atoms with E-state index < -0.39 is 0 Å². The number of carbonyl (C=O) groups excluding carboxylic acids is 1. The van der Waals surface area contributed by atoms with Gasteiger partial charge in [-0.05, 0) is 49.7 Å². The summed E-state index contributed by atoms with van der Waals surface area (Å²) in [6.45, 7) is 3.75. The molecule has 0 saturated carbocycles. The number of para-hydroxylation sites is 1. The highest BCUT2D eigenvalue weighted by molar-refractivity contribution is 6.33. The number of nitrogens with one attached hydrogen (secondary N) is 1. The van der Waals surface area contributed by atoms with Crippen molar-refractivity contribution < 1.29 is 4.79 Å². The lowest BCUT2D eigenvalue weighted by molar-refractivity contribution is -0.116. The first-order valence-corrected chi connectivity index (χ1v) is 9.93. The van der Waals surface area contributed by atoms with E-state index in [1.807, 2.05) is 50.2 Å². The molecular weight excluding hydrogens is 398 g/mol. The number of carbonyl (C=O) groups is 1. The Labute approximate surface area is 179 Å². The monoisotopic (exact) mass is 417 g/mol. The van der Waals surface area contributed by atoms with E-state index in [9.17, 15) is 9.59 Å². The lowest BCUT2D eigenvalue weighted by Crippen LogP contribution is -2.30. The molecule has 4 aromatic rings. The van der Waals surface area contributed by atoms with E-state index in [1.165, 1.54) is 4.57 Å². The van der Waals surface area contributed by atoms with E-state index in [-0.39, 0.29) is 18.0 Å². The van der Waals surface area contributed by atoms with E-state index in [2.05, 4.69) is 10.3 Å². The van der Waals surface area contributed by atoms with Crippen LogP contribution in [0.5, 0.6) is 0 Å². The third kappa shape index (κ3) is 3.84. The lowest BCUT2D eigenvalue weighted by atomic mass is 10.1. The van der Waals surface area contributed by atoms with Crippen molar-refractivity contribution in [3.05, 3.63) is 93.2 Å². The van der Waals surface area contributed by atoms with Crippen molar-refractivity contribution in [2.45, 2.75) is 20.4 Å². The molecule has 0 saturated heterocycles. The molecule has 1 heterocycles. The molecule has 0 aliphatic carbocycles. The molecule has 150 valence electrons. The summed E-state index contributed by atoms with van der Waals surface area (Å²) >= 11 is 6.38. The Morgan fingerprint density at radius 1 is 1.03 bits per heavy atom. The van der Waals surface area contributed by atoms with Crippen molar-refractivity contribution in [1.82, 2.24) is 9.55 Å². The van der Waals surface area contributed by atoms with E-state index in [0.717, 1.165) is 11.1 Å². The fourth-order valence-electron chi connectivity index (χ4n) is 3.45. The molecule has 0 bridgehead atoms. The topological polar surface area (TPSA) is 64.0 Å². The Kier molecular flexibility index (Phi) is 5.38. The average Bonchev–Trinajstić information content (AvgIpc) is 2.73. The van der Waals surface area contributed by atoms with Crippen molar-refractivity contribution in [3.8, 4) is 11.4 Å². The first-order chi connectivity index (χ1) is 14.4. The van der Waals surface area contributed by atoms with Gasteiger partial charge in [0, 0.05) is 11.3 Å². The van der Waals surface area contributed by atoms with Crippen LogP contribution in [-0.4, -0.2) is 15.5 Å². The molecule has 0 aliphatic heterocycles. The van der Waals surface area contributed by atoms with Crippen molar-refractivity contribution in [2.75, 3.05) is 5.32 Å². The van der Waals surface area contributed by atoms with E-state index >= 15 is 0 Å². The minimum absolute atomic E-state index is 0.176. The number of fused-ring (bicyclic) bond motifs is 1. The van der Waals surface area contributed by atoms with Crippen LogP contribution in [0.4, 0.5) is 5.69 Å². The van der Waals surface area contributed by atoms with Gasteiger partial charge in [-0.2, -0.15) is 0 Å². The van der Waals surface area contributed by atoms with Gasteiger partial charge in [-0.1, -0.05) is 53.6 Å². The van der Waals surface area contributed by atoms with Gasteiger partial charge in [0.1, 0.15) is 12.4 Å². The fourth-order valence-corrected chi connectivity index (χ4v) is 3.67. The Balaban J connectivity index is 1.80. The standard InChI is InChI=1S/C24H20ClN3O2/c1-15-11-12-20(16(2)13-15)26-22(29)14-28-23(17-7-3-5-9-19(17)25)27-21-10-6-4-8-18(21)24(28)30/h3-13H,14H2,1-2H3,(H,26,29). The van der Waals surface area contributed by atoms with Gasteiger partial charge in [-0.15, -0.1) is 0 Å². The molecule has 5 nitrogen and oxygen atoms in total. The quantitative estimate of drug-likeness (QED) is 0.509. The number of rotatable bonds is 4. The van der Waals surface area contributed by atoms with Crippen LogP contribution in [0.2, 0.25) is 5.02 Å². The van der Waals surface area contributed by atoms with Crippen LogP contribution in [0.25, 0.3) is 22.3 Å². The Bertz CT molecular complexity index is 1330. The second kappa shape index (κ2) is 8.13.